The zero-order valence-electron chi connectivity index (χ0n) is 14.3. The number of nitrogens with zero attached hydrogens (tertiary/aromatic N) is 1. The maximum absolute atomic E-state index is 5.88. The van der Waals surface area contributed by atoms with E-state index in [0.717, 1.165) is 32.0 Å². The topological polar surface area (TPSA) is 21.7 Å². The molecular weight excluding hydrogens is 262 g/mol. The molecule has 3 heteroatoms. The molecule has 0 N–H and O–H groups in total. The van der Waals surface area contributed by atoms with E-state index in [4.69, 9.17) is 9.47 Å². The van der Waals surface area contributed by atoms with Crippen LogP contribution in [-0.2, 0) is 10.2 Å². The SMILES string of the molecule is CCN(CC)CCOCCOc1ccccc1C(C)(C)C. The lowest BCUT2D eigenvalue weighted by molar-refractivity contribution is 0.0814. The molecule has 120 valence electrons. The van der Waals surface area contributed by atoms with Crippen LogP contribution in [0.4, 0.5) is 0 Å². The largest absolute Gasteiger partial charge is 0.491 e. The normalized spacial score (nSPS) is 11.9. The molecule has 0 aliphatic rings. The summed E-state index contributed by atoms with van der Waals surface area (Å²) in [5, 5.41) is 0. The summed E-state index contributed by atoms with van der Waals surface area (Å²) < 4.78 is 11.5. The Kier molecular flexibility index (Phi) is 7.76. The lowest BCUT2D eigenvalue weighted by Gasteiger charge is -2.22. The van der Waals surface area contributed by atoms with E-state index in [1.54, 1.807) is 0 Å². The van der Waals surface area contributed by atoms with E-state index >= 15 is 0 Å². The van der Waals surface area contributed by atoms with Gasteiger partial charge in [-0.05, 0) is 30.1 Å². The second kappa shape index (κ2) is 9.06. The summed E-state index contributed by atoms with van der Waals surface area (Å²) in [5.41, 5.74) is 1.34. The van der Waals surface area contributed by atoms with Crippen LogP contribution in [0, 0.1) is 0 Å². The first-order valence-corrected chi connectivity index (χ1v) is 8.01. The predicted octanol–water partition coefficient (Wildman–Crippen LogP) is 3.72. The van der Waals surface area contributed by atoms with Crippen molar-refractivity contribution in [2.24, 2.45) is 0 Å². The molecule has 0 fully saturated rings. The second-order valence-corrected chi connectivity index (χ2v) is 6.23. The molecule has 0 amide bonds. The summed E-state index contributed by atoms with van der Waals surface area (Å²) in [6.07, 6.45) is 0. The van der Waals surface area contributed by atoms with Crippen molar-refractivity contribution in [1.29, 1.82) is 0 Å². The Morgan fingerprint density at radius 1 is 0.952 bits per heavy atom. The maximum Gasteiger partial charge on any atom is 0.123 e. The molecule has 0 heterocycles. The number of para-hydroxylation sites is 1. The molecule has 1 aromatic carbocycles. The van der Waals surface area contributed by atoms with Gasteiger partial charge in [0, 0.05) is 6.54 Å². The van der Waals surface area contributed by atoms with E-state index in [2.05, 4.69) is 51.7 Å². The van der Waals surface area contributed by atoms with Gasteiger partial charge in [-0.25, -0.2) is 0 Å². The number of likely N-dealkylation sites (N-methyl/N-ethyl adjacent to an activating group) is 1. The van der Waals surface area contributed by atoms with Crippen LogP contribution in [0.25, 0.3) is 0 Å². The minimum atomic E-state index is 0.0974. The molecule has 0 bridgehead atoms. The number of hydrogen-bond acceptors (Lipinski definition) is 3. The van der Waals surface area contributed by atoms with Gasteiger partial charge in [-0.3, -0.25) is 0 Å². The van der Waals surface area contributed by atoms with E-state index in [1.165, 1.54) is 5.56 Å². The van der Waals surface area contributed by atoms with Crippen molar-refractivity contribution in [2.45, 2.75) is 40.0 Å². The molecule has 0 atom stereocenters. The molecular formula is C18H31NO2. The van der Waals surface area contributed by atoms with Crippen LogP contribution in [0.3, 0.4) is 0 Å². The molecule has 1 aromatic rings. The highest BCUT2D eigenvalue weighted by Gasteiger charge is 2.18. The fourth-order valence-corrected chi connectivity index (χ4v) is 2.26. The summed E-state index contributed by atoms with van der Waals surface area (Å²) in [5.74, 6) is 0.970. The van der Waals surface area contributed by atoms with Gasteiger partial charge in [-0.2, -0.15) is 0 Å². The van der Waals surface area contributed by atoms with Crippen molar-refractivity contribution < 1.29 is 9.47 Å². The number of rotatable bonds is 9. The Morgan fingerprint density at radius 2 is 1.62 bits per heavy atom. The van der Waals surface area contributed by atoms with Gasteiger partial charge >= 0.3 is 0 Å². The molecule has 0 aromatic heterocycles. The summed E-state index contributed by atoms with van der Waals surface area (Å²) in [6, 6.07) is 8.26. The first kappa shape index (κ1) is 18.0. The predicted molar refractivity (Wildman–Crippen MR) is 89.2 cm³/mol. The average Bonchev–Trinajstić information content (AvgIpc) is 2.46. The average molecular weight is 293 g/mol. The molecule has 0 radical (unpaired) electrons. The summed E-state index contributed by atoms with van der Waals surface area (Å²) in [7, 11) is 0. The molecule has 1 rings (SSSR count). The Labute approximate surface area is 130 Å². The monoisotopic (exact) mass is 293 g/mol. The highest BCUT2D eigenvalue weighted by molar-refractivity contribution is 5.38. The maximum atomic E-state index is 5.88. The van der Waals surface area contributed by atoms with Gasteiger partial charge < -0.3 is 14.4 Å². The summed E-state index contributed by atoms with van der Waals surface area (Å²) in [6.45, 7) is 16.1. The van der Waals surface area contributed by atoms with Crippen molar-refractivity contribution in [3.63, 3.8) is 0 Å². The highest BCUT2D eigenvalue weighted by Crippen LogP contribution is 2.30. The van der Waals surface area contributed by atoms with Crippen LogP contribution in [0.5, 0.6) is 5.75 Å². The van der Waals surface area contributed by atoms with Gasteiger partial charge in [-0.1, -0.05) is 52.8 Å². The van der Waals surface area contributed by atoms with Crippen molar-refractivity contribution in [3.05, 3.63) is 29.8 Å². The van der Waals surface area contributed by atoms with Gasteiger partial charge in [0.05, 0.1) is 13.2 Å². The van der Waals surface area contributed by atoms with Crippen molar-refractivity contribution in [1.82, 2.24) is 4.90 Å². The van der Waals surface area contributed by atoms with E-state index in [-0.39, 0.29) is 5.41 Å². The standard InChI is InChI=1S/C18H31NO2/c1-6-19(7-2)12-13-20-14-15-21-17-11-9-8-10-16(17)18(3,4)5/h8-11H,6-7,12-15H2,1-5H3. The molecule has 0 aliphatic heterocycles. The van der Waals surface area contributed by atoms with E-state index in [0.29, 0.717) is 13.2 Å². The van der Waals surface area contributed by atoms with Gasteiger partial charge in [0.25, 0.3) is 0 Å². The van der Waals surface area contributed by atoms with E-state index in [9.17, 15) is 0 Å². The minimum absolute atomic E-state index is 0.0974. The van der Waals surface area contributed by atoms with Crippen molar-refractivity contribution in [2.75, 3.05) is 39.5 Å². The Morgan fingerprint density at radius 3 is 2.24 bits per heavy atom. The minimum Gasteiger partial charge on any atom is -0.491 e. The zero-order chi connectivity index (χ0) is 15.7. The van der Waals surface area contributed by atoms with Gasteiger partial charge in [0.15, 0.2) is 0 Å². The van der Waals surface area contributed by atoms with Crippen LogP contribution in [0.15, 0.2) is 24.3 Å². The third-order valence-electron chi connectivity index (χ3n) is 3.63. The van der Waals surface area contributed by atoms with Gasteiger partial charge in [-0.15, -0.1) is 0 Å². The number of hydrogen-bond donors (Lipinski definition) is 0. The summed E-state index contributed by atoms with van der Waals surface area (Å²) in [4.78, 5) is 2.36. The molecule has 0 unspecified atom stereocenters. The van der Waals surface area contributed by atoms with Crippen LogP contribution in [0.2, 0.25) is 0 Å². The smallest absolute Gasteiger partial charge is 0.123 e. The molecule has 0 spiro atoms. The van der Waals surface area contributed by atoms with Crippen LogP contribution in [-0.4, -0.2) is 44.4 Å². The third-order valence-corrected chi connectivity index (χ3v) is 3.63. The van der Waals surface area contributed by atoms with Crippen LogP contribution in [0.1, 0.15) is 40.2 Å². The molecule has 0 aliphatic carbocycles. The lowest BCUT2D eigenvalue weighted by atomic mass is 9.86. The van der Waals surface area contributed by atoms with Crippen molar-refractivity contribution >= 4 is 0 Å². The van der Waals surface area contributed by atoms with Crippen LogP contribution < -0.4 is 4.74 Å². The molecule has 3 nitrogen and oxygen atoms in total. The summed E-state index contributed by atoms with van der Waals surface area (Å²) >= 11 is 0. The molecule has 0 saturated carbocycles. The first-order valence-electron chi connectivity index (χ1n) is 8.01. The van der Waals surface area contributed by atoms with Gasteiger partial charge in [0.1, 0.15) is 12.4 Å². The lowest BCUT2D eigenvalue weighted by Crippen LogP contribution is -2.27. The molecule has 0 saturated heterocycles. The number of benzene rings is 1. The molecule has 21 heavy (non-hydrogen) atoms. The fraction of sp³-hybridized carbons (Fsp3) is 0.667. The number of ether oxygens (including phenoxy) is 2. The quantitative estimate of drug-likeness (QED) is 0.648. The van der Waals surface area contributed by atoms with Gasteiger partial charge in [0.2, 0.25) is 0 Å². The zero-order valence-corrected chi connectivity index (χ0v) is 14.3. The second-order valence-electron chi connectivity index (χ2n) is 6.23. The third kappa shape index (κ3) is 6.49. The Bertz CT molecular complexity index is 394. The van der Waals surface area contributed by atoms with E-state index in [1.807, 2.05) is 12.1 Å². The van der Waals surface area contributed by atoms with Crippen molar-refractivity contribution in [3.8, 4) is 5.75 Å². The fourth-order valence-electron chi connectivity index (χ4n) is 2.26. The highest BCUT2D eigenvalue weighted by atomic mass is 16.5. The Balaban J connectivity index is 2.31. The van der Waals surface area contributed by atoms with Crippen LogP contribution >= 0.6 is 0 Å². The Hall–Kier alpha value is -1.06. The van der Waals surface area contributed by atoms with E-state index < -0.39 is 0 Å². The first-order chi connectivity index (χ1) is 9.99.